The van der Waals surface area contributed by atoms with Crippen LogP contribution in [0.25, 0.3) is 0 Å². The van der Waals surface area contributed by atoms with Crippen molar-refractivity contribution in [2.24, 2.45) is 5.92 Å². The van der Waals surface area contributed by atoms with Gasteiger partial charge in [0, 0.05) is 18.8 Å². The van der Waals surface area contributed by atoms with Gasteiger partial charge in [-0.15, -0.1) is 0 Å². The molecule has 1 atom stereocenters. The van der Waals surface area contributed by atoms with Crippen LogP contribution >= 0.6 is 0 Å². The highest BCUT2D eigenvalue weighted by atomic mass is 16.4. The van der Waals surface area contributed by atoms with Crippen LogP contribution < -0.4 is 0 Å². The fourth-order valence-corrected chi connectivity index (χ4v) is 2.72. The van der Waals surface area contributed by atoms with Crippen LogP contribution in [0, 0.1) is 5.92 Å². The van der Waals surface area contributed by atoms with E-state index in [0.29, 0.717) is 5.92 Å². The molecule has 0 saturated carbocycles. The Hall–Kier alpha value is -1.91. The number of amides is 1. The lowest BCUT2D eigenvalue weighted by atomic mass is 10.0. The number of pyridine rings is 1. The molecule has 0 aromatic carbocycles. The van der Waals surface area contributed by atoms with Crippen LogP contribution in [-0.2, 0) is 0 Å². The number of hydrogen-bond donors (Lipinski definition) is 1. The fraction of sp³-hybridized carbons (Fsp3) is 0.533. The maximum Gasteiger partial charge on any atom is 0.335 e. The number of aromatic nitrogens is 1. The normalized spacial score (nSPS) is 18.6. The highest BCUT2D eigenvalue weighted by Crippen LogP contribution is 2.24. The molecule has 5 heteroatoms. The van der Waals surface area contributed by atoms with Crippen molar-refractivity contribution in [3.8, 4) is 0 Å². The number of rotatable bonds is 4. The average molecular weight is 276 g/mol. The number of hydrogen-bond acceptors (Lipinski definition) is 3. The minimum Gasteiger partial charge on any atom is -0.478 e. The molecule has 1 aliphatic rings. The average Bonchev–Trinajstić information content (AvgIpc) is 2.85. The van der Waals surface area contributed by atoms with Crippen molar-refractivity contribution in [1.29, 1.82) is 0 Å². The third-order valence-electron chi connectivity index (χ3n) is 3.61. The Morgan fingerprint density at radius 2 is 2.25 bits per heavy atom. The van der Waals surface area contributed by atoms with Crippen LogP contribution in [0.4, 0.5) is 0 Å². The van der Waals surface area contributed by atoms with E-state index in [2.05, 4.69) is 18.8 Å². The van der Waals surface area contributed by atoms with Crippen molar-refractivity contribution in [3.05, 3.63) is 29.6 Å². The van der Waals surface area contributed by atoms with Gasteiger partial charge in [-0.3, -0.25) is 9.78 Å². The standard InChI is InChI=1S/C15H20N2O3/c1-10(2)8-12-4-3-7-17(12)14(18)13-9-11(15(19)20)5-6-16-13/h5-6,9-10,12H,3-4,7-8H2,1-2H3,(H,19,20)/t12-/m1/s1. The van der Waals surface area contributed by atoms with Gasteiger partial charge in [0.1, 0.15) is 5.69 Å². The molecule has 0 bridgehead atoms. The van der Waals surface area contributed by atoms with Gasteiger partial charge in [0.2, 0.25) is 0 Å². The predicted octanol–water partition coefficient (Wildman–Crippen LogP) is 2.43. The second kappa shape index (κ2) is 6.03. The number of aromatic carboxylic acids is 1. The van der Waals surface area contributed by atoms with Crippen LogP contribution in [0.15, 0.2) is 18.3 Å². The van der Waals surface area contributed by atoms with Gasteiger partial charge in [0.25, 0.3) is 5.91 Å². The molecule has 0 radical (unpaired) electrons. The minimum atomic E-state index is -1.04. The molecule has 1 aromatic rings. The molecule has 0 spiro atoms. The molecule has 1 N–H and O–H groups in total. The first-order chi connectivity index (χ1) is 9.49. The third-order valence-corrected chi connectivity index (χ3v) is 3.61. The number of likely N-dealkylation sites (tertiary alicyclic amines) is 1. The van der Waals surface area contributed by atoms with Gasteiger partial charge in [-0.25, -0.2) is 4.79 Å². The summed E-state index contributed by atoms with van der Waals surface area (Å²) in [6.45, 7) is 5.02. The maximum absolute atomic E-state index is 12.5. The summed E-state index contributed by atoms with van der Waals surface area (Å²) in [5.41, 5.74) is 0.323. The fourth-order valence-electron chi connectivity index (χ4n) is 2.72. The Balaban J connectivity index is 2.18. The second-order valence-corrected chi connectivity index (χ2v) is 5.66. The minimum absolute atomic E-state index is 0.1000. The van der Waals surface area contributed by atoms with Gasteiger partial charge in [0.05, 0.1) is 5.56 Å². The Kier molecular flexibility index (Phi) is 4.37. The monoisotopic (exact) mass is 276 g/mol. The van der Waals surface area contributed by atoms with Crippen molar-refractivity contribution < 1.29 is 14.7 Å². The first-order valence-electron chi connectivity index (χ1n) is 6.99. The molecule has 0 unspecified atom stereocenters. The second-order valence-electron chi connectivity index (χ2n) is 5.66. The molecular formula is C15H20N2O3. The van der Waals surface area contributed by atoms with E-state index >= 15 is 0 Å². The Morgan fingerprint density at radius 1 is 1.50 bits per heavy atom. The van der Waals surface area contributed by atoms with E-state index in [1.807, 2.05) is 4.90 Å². The molecular weight excluding hydrogens is 256 g/mol. The smallest absolute Gasteiger partial charge is 0.335 e. The van der Waals surface area contributed by atoms with Crippen molar-refractivity contribution in [2.45, 2.75) is 39.2 Å². The number of carbonyl (C=O) groups is 2. The molecule has 1 amide bonds. The van der Waals surface area contributed by atoms with E-state index in [9.17, 15) is 9.59 Å². The van der Waals surface area contributed by atoms with Crippen molar-refractivity contribution >= 4 is 11.9 Å². The predicted molar refractivity (Wildman–Crippen MR) is 74.7 cm³/mol. The van der Waals surface area contributed by atoms with E-state index in [0.717, 1.165) is 25.8 Å². The van der Waals surface area contributed by atoms with Crippen molar-refractivity contribution in [1.82, 2.24) is 9.88 Å². The zero-order valence-electron chi connectivity index (χ0n) is 11.9. The first kappa shape index (κ1) is 14.5. The summed E-state index contributed by atoms with van der Waals surface area (Å²) >= 11 is 0. The summed E-state index contributed by atoms with van der Waals surface area (Å²) in [5.74, 6) is -0.662. The number of carbonyl (C=O) groups excluding carboxylic acids is 1. The van der Waals surface area contributed by atoms with Gasteiger partial charge in [-0.2, -0.15) is 0 Å². The number of carboxylic acid groups (broad SMARTS) is 1. The van der Waals surface area contributed by atoms with Gasteiger partial charge >= 0.3 is 5.97 Å². The molecule has 1 saturated heterocycles. The highest BCUT2D eigenvalue weighted by Gasteiger charge is 2.30. The quantitative estimate of drug-likeness (QED) is 0.917. The lowest BCUT2D eigenvalue weighted by molar-refractivity contribution is 0.0696. The molecule has 2 rings (SSSR count). The van der Waals surface area contributed by atoms with Gasteiger partial charge < -0.3 is 10.0 Å². The van der Waals surface area contributed by atoms with Gasteiger partial charge in [-0.05, 0) is 37.3 Å². The lowest BCUT2D eigenvalue weighted by Gasteiger charge is -2.25. The molecule has 2 heterocycles. The maximum atomic E-state index is 12.5. The van der Waals surface area contributed by atoms with Crippen LogP contribution in [0.1, 0.15) is 54.0 Å². The van der Waals surface area contributed by atoms with E-state index in [1.165, 1.54) is 18.3 Å². The summed E-state index contributed by atoms with van der Waals surface area (Å²) in [7, 11) is 0. The highest BCUT2D eigenvalue weighted by molar-refractivity contribution is 5.96. The third kappa shape index (κ3) is 3.15. The van der Waals surface area contributed by atoms with E-state index < -0.39 is 5.97 Å². The summed E-state index contributed by atoms with van der Waals surface area (Å²) in [6.07, 6.45) is 4.37. The van der Waals surface area contributed by atoms with Crippen molar-refractivity contribution in [2.75, 3.05) is 6.54 Å². The Labute approximate surface area is 118 Å². The summed E-state index contributed by atoms with van der Waals surface area (Å²) in [5, 5.41) is 8.97. The molecule has 1 fully saturated rings. The Morgan fingerprint density at radius 3 is 2.90 bits per heavy atom. The largest absolute Gasteiger partial charge is 0.478 e. The van der Waals surface area contributed by atoms with E-state index in [4.69, 9.17) is 5.11 Å². The number of carboxylic acids is 1. The van der Waals surface area contributed by atoms with E-state index in [-0.39, 0.29) is 23.2 Å². The zero-order chi connectivity index (χ0) is 14.7. The van der Waals surface area contributed by atoms with E-state index in [1.54, 1.807) is 0 Å². The topological polar surface area (TPSA) is 70.5 Å². The Bertz CT molecular complexity index is 514. The first-order valence-corrected chi connectivity index (χ1v) is 6.99. The molecule has 20 heavy (non-hydrogen) atoms. The molecule has 5 nitrogen and oxygen atoms in total. The SMILES string of the molecule is CC(C)C[C@H]1CCCN1C(=O)c1cc(C(=O)O)ccn1. The molecule has 1 aromatic heterocycles. The van der Waals surface area contributed by atoms with Crippen LogP contribution in [0.5, 0.6) is 0 Å². The van der Waals surface area contributed by atoms with Crippen LogP contribution in [0.3, 0.4) is 0 Å². The zero-order valence-corrected chi connectivity index (χ0v) is 11.9. The van der Waals surface area contributed by atoms with Gasteiger partial charge in [-0.1, -0.05) is 13.8 Å². The molecule has 0 aliphatic carbocycles. The summed E-state index contributed by atoms with van der Waals surface area (Å²) in [4.78, 5) is 29.3. The van der Waals surface area contributed by atoms with Crippen LogP contribution in [-0.4, -0.2) is 39.5 Å². The van der Waals surface area contributed by atoms with Gasteiger partial charge in [0.15, 0.2) is 0 Å². The molecule has 108 valence electrons. The molecule has 1 aliphatic heterocycles. The van der Waals surface area contributed by atoms with Crippen LogP contribution in [0.2, 0.25) is 0 Å². The lowest BCUT2D eigenvalue weighted by Crippen LogP contribution is -2.36. The summed E-state index contributed by atoms with van der Waals surface area (Å²) < 4.78 is 0. The van der Waals surface area contributed by atoms with Crippen molar-refractivity contribution in [3.63, 3.8) is 0 Å². The summed E-state index contributed by atoms with van der Waals surface area (Å²) in [6, 6.07) is 3.00. The number of nitrogens with zero attached hydrogens (tertiary/aromatic N) is 2.